The third-order valence-corrected chi connectivity index (χ3v) is 3.15. The molecule has 0 radical (unpaired) electrons. The molecule has 5 heteroatoms. The number of carbonyl (C=O) groups excluding carboxylic acids is 1. The topological polar surface area (TPSA) is 44.8 Å². The van der Waals surface area contributed by atoms with Gasteiger partial charge in [0.2, 0.25) is 5.71 Å². The number of carbonyl (C=O) groups is 1. The van der Waals surface area contributed by atoms with Crippen molar-refractivity contribution in [3.63, 3.8) is 0 Å². The second kappa shape index (κ2) is 3.48. The number of fused-ring (bicyclic) bond motifs is 1. The summed E-state index contributed by atoms with van der Waals surface area (Å²) in [5.41, 5.74) is 2.41. The lowest BCUT2D eigenvalue weighted by Crippen LogP contribution is -2.28. The lowest BCUT2D eigenvalue weighted by Gasteiger charge is -2.08. The van der Waals surface area contributed by atoms with Crippen molar-refractivity contribution in [2.75, 3.05) is 0 Å². The van der Waals surface area contributed by atoms with Gasteiger partial charge in [0.05, 0.1) is 4.48 Å². The highest BCUT2D eigenvalue weighted by molar-refractivity contribution is 9.11. The zero-order chi connectivity index (χ0) is 11.2. The molecule has 0 saturated heterocycles. The van der Waals surface area contributed by atoms with E-state index in [2.05, 4.69) is 26.0 Å². The highest BCUT2D eigenvalue weighted by atomic mass is 79.9. The van der Waals surface area contributed by atoms with Crippen LogP contribution in [0.3, 0.4) is 0 Å². The number of hydrogen-bond acceptors (Lipinski definition) is 3. The van der Waals surface area contributed by atoms with Crippen LogP contribution in [0.25, 0.3) is 0 Å². The standard InChI is InChI=1S/C10H11BrN3O/c1-5-6(2)14-10(12-5)8(11)4-9(13-14)7(3)15/h4,10H,1-3H3/q+1. The molecule has 0 aliphatic carbocycles. The minimum atomic E-state index is -0.118. The lowest BCUT2D eigenvalue weighted by molar-refractivity contribution is -0.555. The minimum Gasteiger partial charge on any atom is -0.293 e. The molecule has 0 saturated carbocycles. The summed E-state index contributed by atoms with van der Waals surface area (Å²) >= 11 is 3.42. The molecular weight excluding hydrogens is 258 g/mol. The van der Waals surface area contributed by atoms with Gasteiger partial charge in [-0.2, -0.15) is 0 Å². The van der Waals surface area contributed by atoms with Gasteiger partial charge >= 0.3 is 6.17 Å². The van der Waals surface area contributed by atoms with E-state index < -0.39 is 0 Å². The fourth-order valence-corrected chi connectivity index (χ4v) is 2.02. The molecule has 2 aliphatic heterocycles. The van der Waals surface area contributed by atoms with Crippen molar-refractivity contribution >= 4 is 38.8 Å². The Morgan fingerprint density at radius 1 is 1.53 bits per heavy atom. The normalized spacial score (nSPS) is 24.5. The molecule has 0 bridgehead atoms. The van der Waals surface area contributed by atoms with Gasteiger partial charge in [0.25, 0.3) is 0 Å². The summed E-state index contributed by atoms with van der Waals surface area (Å²) in [7, 11) is 0. The fraction of sp³-hybridized carbons (Fsp3) is 0.400. The van der Waals surface area contributed by atoms with Crippen molar-refractivity contribution in [1.29, 1.82) is 0 Å². The molecule has 0 amide bonds. The van der Waals surface area contributed by atoms with E-state index >= 15 is 0 Å². The molecule has 15 heavy (non-hydrogen) atoms. The van der Waals surface area contributed by atoms with Crippen molar-refractivity contribution in [3.8, 4) is 0 Å². The van der Waals surface area contributed by atoms with Gasteiger partial charge < -0.3 is 0 Å². The Labute approximate surface area is 96.2 Å². The Morgan fingerprint density at radius 3 is 2.80 bits per heavy atom. The Kier molecular flexibility index (Phi) is 2.42. The largest absolute Gasteiger partial charge is 0.309 e. The lowest BCUT2D eigenvalue weighted by atomic mass is 10.2. The maximum atomic E-state index is 11.3. The van der Waals surface area contributed by atoms with Crippen molar-refractivity contribution in [1.82, 2.24) is 0 Å². The van der Waals surface area contributed by atoms with Gasteiger partial charge in [-0.1, -0.05) is 4.68 Å². The average molecular weight is 269 g/mol. The molecule has 2 aliphatic rings. The monoisotopic (exact) mass is 268 g/mol. The van der Waals surface area contributed by atoms with Crippen LogP contribution in [0.4, 0.5) is 0 Å². The van der Waals surface area contributed by atoms with Crippen LogP contribution >= 0.6 is 15.9 Å². The van der Waals surface area contributed by atoms with Crippen molar-refractivity contribution in [2.24, 2.45) is 10.1 Å². The van der Waals surface area contributed by atoms with Crippen LogP contribution in [0.2, 0.25) is 0 Å². The maximum absolute atomic E-state index is 11.3. The van der Waals surface area contributed by atoms with Gasteiger partial charge in [-0.15, -0.1) is 0 Å². The second-order valence-corrected chi connectivity index (χ2v) is 4.50. The predicted octanol–water partition coefficient (Wildman–Crippen LogP) is 1.50. The van der Waals surface area contributed by atoms with E-state index in [9.17, 15) is 4.79 Å². The molecule has 0 spiro atoms. The van der Waals surface area contributed by atoms with Gasteiger partial charge in [0, 0.05) is 18.9 Å². The number of nitrogens with zero attached hydrogens (tertiary/aromatic N) is 3. The summed E-state index contributed by atoms with van der Waals surface area (Å²) in [6.45, 7) is 5.40. The van der Waals surface area contributed by atoms with E-state index in [0.717, 1.165) is 15.9 Å². The summed E-state index contributed by atoms with van der Waals surface area (Å²) in [6.07, 6.45) is 1.62. The molecular formula is C10H11BrN3O+. The van der Waals surface area contributed by atoms with E-state index in [1.807, 2.05) is 13.8 Å². The average Bonchev–Trinajstić information content (AvgIpc) is 2.45. The number of aliphatic imine (C=N–C) groups is 1. The first-order chi connectivity index (χ1) is 7.00. The Bertz CT molecular complexity index is 471. The molecule has 0 aromatic rings. The molecule has 2 heterocycles. The summed E-state index contributed by atoms with van der Waals surface area (Å²) in [4.78, 5) is 15.7. The first-order valence-electron chi connectivity index (χ1n) is 4.65. The summed E-state index contributed by atoms with van der Waals surface area (Å²) < 4.78 is 2.65. The number of allylic oxidation sites excluding steroid dienone is 1. The van der Waals surface area contributed by atoms with Crippen LogP contribution in [0.1, 0.15) is 20.8 Å². The maximum Gasteiger partial charge on any atom is 0.309 e. The number of Topliss-reactive ketones (excluding diaryl/α,β-unsaturated/α-hetero) is 1. The molecule has 4 nitrogen and oxygen atoms in total. The van der Waals surface area contributed by atoms with Crippen LogP contribution in [-0.4, -0.2) is 33.8 Å². The summed E-state index contributed by atoms with van der Waals surface area (Å²) in [5.74, 6) is -0.0391. The van der Waals surface area contributed by atoms with Gasteiger partial charge in [-0.25, -0.2) is 4.99 Å². The van der Waals surface area contributed by atoms with E-state index in [-0.39, 0.29) is 11.9 Å². The molecule has 0 fully saturated rings. The Hall–Kier alpha value is -1.10. The smallest absolute Gasteiger partial charge is 0.293 e. The summed E-state index contributed by atoms with van der Waals surface area (Å²) in [5, 5.41) is 4.27. The van der Waals surface area contributed by atoms with Gasteiger partial charge in [-0.3, -0.25) is 4.79 Å². The Morgan fingerprint density at radius 2 is 2.20 bits per heavy atom. The number of hydrazone groups is 1. The quantitative estimate of drug-likeness (QED) is 0.665. The van der Waals surface area contributed by atoms with Gasteiger partial charge in [0.15, 0.2) is 11.5 Å². The minimum absolute atomic E-state index is 0.0391. The molecule has 0 aromatic carbocycles. The SMILES string of the molecule is CC(=O)C1=N[N+]2=C(C)C(C)=NC2C(Br)=C1. The third kappa shape index (κ3) is 1.61. The molecule has 0 aromatic heterocycles. The fourth-order valence-electron chi connectivity index (χ4n) is 1.51. The highest BCUT2D eigenvalue weighted by Gasteiger charge is 2.37. The van der Waals surface area contributed by atoms with Crippen molar-refractivity contribution in [3.05, 3.63) is 10.6 Å². The van der Waals surface area contributed by atoms with E-state index in [1.165, 1.54) is 6.92 Å². The molecule has 1 unspecified atom stereocenters. The zero-order valence-corrected chi connectivity index (χ0v) is 10.4. The molecule has 0 N–H and O–H groups in total. The number of halogens is 1. The number of ketones is 1. The van der Waals surface area contributed by atoms with E-state index in [4.69, 9.17) is 0 Å². The van der Waals surface area contributed by atoms with Crippen LogP contribution < -0.4 is 0 Å². The number of hydrogen-bond donors (Lipinski definition) is 0. The van der Waals surface area contributed by atoms with Crippen LogP contribution in [0, 0.1) is 0 Å². The third-order valence-electron chi connectivity index (χ3n) is 2.51. The van der Waals surface area contributed by atoms with Gasteiger partial charge in [-0.05, 0) is 28.9 Å². The van der Waals surface area contributed by atoms with E-state index in [0.29, 0.717) is 5.71 Å². The molecule has 78 valence electrons. The highest BCUT2D eigenvalue weighted by Crippen LogP contribution is 2.24. The van der Waals surface area contributed by atoms with Crippen LogP contribution in [-0.2, 0) is 4.79 Å². The zero-order valence-electron chi connectivity index (χ0n) is 8.78. The van der Waals surface area contributed by atoms with Crippen LogP contribution in [0.15, 0.2) is 20.7 Å². The first-order valence-corrected chi connectivity index (χ1v) is 5.44. The predicted molar refractivity (Wildman–Crippen MR) is 63.0 cm³/mol. The van der Waals surface area contributed by atoms with Crippen LogP contribution in [0.5, 0.6) is 0 Å². The van der Waals surface area contributed by atoms with Crippen molar-refractivity contribution in [2.45, 2.75) is 26.9 Å². The second-order valence-electron chi connectivity index (χ2n) is 3.59. The summed E-state index contributed by atoms with van der Waals surface area (Å²) in [6, 6.07) is 0. The van der Waals surface area contributed by atoms with Gasteiger partial charge in [0.1, 0.15) is 5.71 Å². The molecule has 1 atom stereocenters. The number of rotatable bonds is 1. The van der Waals surface area contributed by atoms with E-state index in [1.54, 1.807) is 10.8 Å². The Balaban J connectivity index is 2.53. The first kappa shape index (κ1) is 10.4. The van der Waals surface area contributed by atoms with Crippen molar-refractivity contribution < 1.29 is 9.48 Å². The molecule has 2 rings (SSSR count).